The van der Waals surface area contributed by atoms with Crippen LogP contribution in [-0.2, 0) is 9.53 Å². The van der Waals surface area contributed by atoms with Crippen LogP contribution >= 0.6 is 0 Å². The van der Waals surface area contributed by atoms with Gasteiger partial charge < -0.3 is 10.1 Å². The molecule has 0 aliphatic rings. The van der Waals surface area contributed by atoms with Crippen molar-refractivity contribution in [2.75, 3.05) is 5.32 Å². The van der Waals surface area contributed by atoms with Crippen LogP contribution < -0.4 is 5.32 Å². The van der Waals surface area contributed by atoms with Crippen LogP contribution in [-0.4, -0.2) is 16.8 Å². The maximum absolute atomic E-state index is 13.1. The van der Waals surface area contributed by atoms with Crippen molar-refractivity contribution in [3.63, 3.8) is 0 Å². The first kappa shape index (κ1) is 21.7. The van der Waals surface area contributed by atoms with Gasteiger partial charge in [-0.15, -0.1) is 0 Å². The van der Waals surface area contributed by atoms with Crippen molar-refractivity contribution in [3.8, 4) is 0 Å². The second kappa shape index (κ2) is 9.21. The minimum Gasteiger partial charge on any atom is -0.444 e. The Morgan fingerprint density at radius 3 is 2.26 bits per heavy atom. The molecule has 0 heterocycles. The summed E-state index contributed by atoms with van der Waals surface area (Å²) in [6.45, 7) is 5.36. The van der Waals surface area contributed by atoms with Gasteiger partial charge in [-0.25, -0.2) is 4.79 Å². The first-order chi connectivity index (χ1) is 14.8. The van der Waals surface area contributed by atoms with Crippen molar-refractivity contribution in [2.24, 2.45) is 0 Å². The van der Waals surface area contributed by atoms with Gasteiger partial charge in [0.1, 0.15) is 5.69 Å². The zero-order valence-electron chi connectivity index (χ0n) is 17.4. The van der Waals surface area contributed by atoms with E-state index in [0.29, 0.717) is 16.7 Å². The number of ether oxygens (including phenoxy) is 1. The predicted octanol–water partition coefficient (Wildman–Crippen LogP) is 5.06. The number of nitrogens with zero attached hydrogens (tertiary/aromatic N) is 1. The highest BCUT2D eigenvalue weighted by Gasteiger charge is 2.28. The Kier molecular flexibility index (Phi) is 6.45. The molecule has 1 amide bonds. The third kappa shape index (κ3) is 5.14. The van der Waals surface area contributed by atoms with E-state index in [0.717, 1.165) is 11.1 Å². The van der Waals surface area contributed by atoms with Crippen LogP contribution in [0.2, 0.25) is 0 Å². The van der Waals surface area contributed by atoms with E-state index >= 15 is 0 Å². The minimum atomic E-state index is -1.28. The molecule has 0 saturated heterocycles. The van der Waals surface area contributed by atoms with Crippen LogP contribution in [0.5, 0.6) is 0 Å². The second-order valence-electron chi connectivity index (χ2n) is 7.28. The maximum Gasteiger partial charge on any atom is 0.339 e. The number of nitrogens with one attached hydrogen (secondary N) is 1. The molecule has 0 aliphatic heterocycles. The van der Waals surface area contributed by atoms with Gasteiger partial charge in [0.25, 0.3) is 11.6 Å². The number of hydrogen-bond acceptors (Lipinski definition) is 5. The summed E-state index contributed by atoms with van der Waals surface area (Å²) in [5.41, 5.74) is 2.89. The number of carbonyl (C=O) groups is 2. The number of esters is 1. The van der Waals surface area contributed by atoms with E-state index in [-0.39, 0.29) is 11.4 Å². The fraction of sp³-hybridized carbons (Fsp3) is 0.167. The first-order valence-electron chi connectivity index (χ1n) is 9.65. The molecule has 1 N–H and O–H groups in total. The zero-order chi connectivity index (χ0) is 22.5. The molecule has 0 spiro atoms. The molecule has 0 bridgehead atoms. The molecule has 1 atom stereocenters. The summed E-state index contributed by atoms with van der Waals surface area (Å²) in [7, 11) is 0. The van der Waals surface area contributed by atoms with E-state index in [1.165, 1.54) is 12.1 Å². The number of nitro benzene ring substituents is 1. The fourth-order valence-corrected chi connectivity index (χ4v) is 3.12. The van der Waals surface area contributed by atoms with E-state index < -0.39 is 22.9 Å². The first-order valence-corrected chi connectivity index (χ1v) is 9.65. The number of hydrogen-bond donors (Lipinski definition) is 1. The van der Waals surface area contributed by atoms with Crippen LogP contribution in [0.3, 0.4) is 0 Å². The van der Waals surface area contributed by atoms with Gasteiger partial charge in [0, 0.05) is 11.6 Å². The second-order valence-corrected chi connectivity index (χ2v) is 7.28. The lowest BCUT2D eigenvalue weighted by atomic mass is 10.1. The van der Waals surface area contributed by atoms with Gasteiger partial charge in [-0.1, -0.05) is 54.1 Å². The molecule has 0 unspecified atom stereocenters. The van der Waals surface area contributed by atoms with Crippen molar-refractivity contribution in [2.45, 2.75) is 26.9 Å². The zero-order valence-corrected chi connectivity index (χ0v) is 17.4. The molecular weight excluding hydrogens is 396 g/mol. The van der Waals surface area contributed by atoms with Gasteiger partial charge in [0.2, 0.25) is 6.10 Å². The van der Waals surface area contributed by atoms with Gasteiger partial charge in [-0.3, -0.25) is 14.9 Å². The lowest BCUT2D eigenvalue weighted by Crippen LogP contribution is -2.26. The lowest BCUT2D eigenvalue weighted by Gasteiger charge is -2.19. The molecule has 3 aromatic rings. The van der Waals surface area contributed by atoms with Crippen LogP contribution in [0.4, 0.5) is 11.4 Å². The standard InChI is InChI=1S/C24H22N2O5/c1-15-9-11-17(3)19(13-15)24(28)31-22(18-7-5-4-6-8-18)23(27)25-20-12-10-16(2)14-21(20)26(29)30/h4-14,22H,1-3H3,(H,25,27)/t22-/m0/s1. The van der Waals surface area contributed by atoms with E-state index in [1.54, 1.807) is 62.4 Å². The number of nitro groups is 1. The van der Waals surface area contributed by atoms with Crippen molar-refractivity contribution < 1.29 is 19.2 Å². The Morgan fingerprint density at radius 2 is 1.58 bits per heavy atom. The highest BCUT2D eigenvalue weighted by Crippen LogP contribution is 2.28. The molecule has 3 rings (SSSR count). The summed E-state index contributed by atoms with van der Waals surface area (Å²) >= 11 is 0. The molecule has 0 aromatic heterocycles. The lowest BCUT2D eigenvalue weighted by molar-refractivity contribution is -0.384. The van der Waals surface area contributed by atoms with Crippen molar-refractivity contribution in [1.29, 1.82) is 0 Å². The highest BCUT2D eigenvalue weighted by molar-refractivity contribution is 5.99. The highest BCUT2D eigenvalue weighted by atomic mass is 16.6. The Balaban J connectivity index is 1.93. The number of aryl methyl sites for hydroxylation is 3. The van der Waals surface area contributed by atoms with Crippen molar-refractivity contribution >= 4 is 23.3 Å². The van der Waals surface area contributed by atoms with Crippen molar-refractivity contribution in [1.82, 2.24) is 0 Å². The molecule has 3 aromatic carbocycles. The molecule has 0 aliphatic carbocycles. The SMILES string of the molecule is Cc1ccc(C)c(C(=O)O[C@H](C(=O)Nc2ccc(C)cc2[N+](=O)[O-])c2ccccc2)c1. The molecule has 158 valence electrons. The van der Waals surface area contributed by atoms with Gasteiger partial charge in [-0.2, -0.15) is 0 Å². The summed E-state index contributed by atoms with van der Waals surface area (Å²) in [4.78, 5) is 36.8. The monoisotopic (exact) mass is 418 g/mol. The van der Waals surface area contributed by atoms with Crippen LogP contribution in [0, 0.1) is 30.9 Å². The molecular formula is C24H22N2O5. The van der Waals surface area contributed by atoms with Gasteiger partial charge in [-0.05, 0) is 44.0 Å². The Morgan fingerprint density at radius 1 is 0.935 bits per heavy atom. The number of benzene rings is 3. The topological polar surface area (TPSA) is 98.5 Å². The summed E-state index contributed by atoms with van der Waals surface area (Å²) in [5.74, 6) is -1.33. The number of amides is 1. The predicted molar refractivity (Wildman–Crippen MR) is 117 cm³/mol. The number of carbonyl (C=O) groups excluding carboxylic acids is 2. The Bertz CT molecular complexity index is 1140. The van der Waals surface area contributed by atoms with E-state index in [2.05, 4.69) is 5.32 Å². The van der Waals surface area contributed by atoms with E-state index in [1.807, 2.05) is 13.0 Å². The maximum atomic E-state index is 13.1. The summed E-state index contributed by atoms with van der Waals surface area (Å²) in [6, 6.07) is 18.4. The number of rotatable bonds is 6. The average molecular weight is 418 g/mol. The van der Waals surface area contributed by atoms with Gasteiger partial charge in [0.15, 0.2) is 0 Å². The molecule has 31 heavy (non-hydrogen) atoms. The third-order valence-corrected chi connectivity index (χ3v) is 4.79. The molecule has 7 heteroatoms. The molecule has 0 radical (unpaired) electrons. The van der Waals surface area contributed by atoms with Gasteiger partial charge in [0.05, 0.1) is 10.5 Å². The molecule has 0 fully saturated rings. The van der Waals surface area contributed by atoms with Crippen LogP contribution in [0.1, 0.15) is 38.7 Å². The van der Waals surface area contributed by atoms with Crippen molar-refractivity contribution in [3.05, 3.63) is 105 Å². The van der Waals surface area contributed by atoms with Crippen LogP contribution in [0.15, 0.2) is 66.7 Å². The normalized spacial score (nSPS) is 11.5. The summed E-state index contributed by atoms with van der Waals surface area (Å²) in [5, 5.41) is 13.9. The van der Waals surface area contributed by atoms with Crippen LogP contribution in [0.25, 0.3) is 0 Å². The molecule has 0 saturated carbocycles. The smallest absolute Gasteiger partial charge is 0.339 e. The quantitative estimate of drug-likeness (QED) is 0.343. The summed E-state index contributed by atoms with van der Waals surface area (Å²) in [6.07, 6.45) is -1.28. The number of anilines is 1. The average Bonchev–Trinajstić information content (AvgIpc) is 2.75. The van der Waals surface area contributed by atoms with E-state index in [4.69, 9.17) is 4.74 Å². The Hall–Kier alpha value is -4.00. The molecule has 7 nitrogen and oxygen atoms in total. The van der Waals surface area contributed by atoms with Gasteiger partial charge >= 0.3 is 5.97 Å². The third-order valence-electron chi connectivity index (χ3n) is 4.79. The summed E-state index contributed by atoms with van der Waals surface area (Å²) < 4.78 is 5.60. The van der Waals surface area contributed by atoms with E-state index in [9.17, 15) is 19.7 Å². The Labute approximate surface area is 179 Å². The largest absolute Gasteiger partial charge is 0.444 e. The minimum absolute atomic E-state index is 0.0318. The fourth-order valence-electron chi connectivity index (χ4n) is 3.12.